The first kappa shape index (κ1) is 26.3. The molecule has 3 atom stereocenters. The molecule has 2 aromatic carbocycles. The number of alkyl halides is 1. The molecule has 2 fully saturated rings. The van der Waals surface area contributed by atoms with Crippen LogP contribution in [0.5, 0.6) is 5.75 Å². The summed E-state index contributed by atoms with van der Waals surface area (Å²) in [5, 5.41) is 22.1. The maximum Gasteiger partial charge on any atom is 0.334 e. The third-order valence-corrected chi connectivity index (χ3v) is 9.55. The van der Waals surface area contributed by atoms with Crippen molar-refractivity contribution >= 4 is 33.8 Å². The van der Waals surface area contributed by atoms with Crippen LogP contribution in [0.2, 0.25) is 0 Å². The highest BCUT2D eigenvalue weighted by Gasteiger charge is 2.50. The van der Waals surface area contributed by atoms with Crippen LogP contribution in [0.4, 0.5) is 13.2 Å². The lowest BCUT2D eigenvalue weighted by Crippen LogP contribution is -2.43. The fraction of sp³-hybridized carbons (Fsp3) is 0.406. The standard InChI is InChI=1S/C32H28F3N5O3/c1-2-20-24(34)7-6-17-11-19(41)12-22(25(17)20)26-27(35)29-30-21(23-15-43-38-28(23)26)5-3-10-40(30)37-31(36-29)42-16-32-8-4-9-39(32)14-18(33)13-32/h1,6-7,11-12,18,23,41H,3-5,8-10,13-16H2/t18-,23+,32+/m1/s1. The van der Waals surface area contributed by atoms with Gasteiger partial charge < -0.3 is 14.7 Å². The number of rotatable bonds is 3. The predicted octanol–water partition coefficient (Wildman–Crippen LogP) is 5.03. The van der Waals surface area contributed by atoms with Gasteiger partial charge in [0.25, 0.3) is 0 Å². The summed E-state index contributed by atoms with van der Waals surface area (Å²) in [5.74, 6) is 0.484. The number of aliphatic imine (C=N–C) groups is 1. The first-order chi connectivity index (χ1) is 20.9. The van der Waals surface area contributed by atoms with E-state index in [4.69, 9.17) is 16.0 Å². The molecule has 220 valence electrons. The maximum absolute atomic E-state index is 17.2. The van der Waals surface area contributed by atoms with Gasteiger partial charge in [0.15, 0.2) is 5.83 Å². The van der Waals surface area contributed by atoms with Gasteiger partial charge in [-0.05, 0) is 66.9 Å². The molecule has 2 aromatic rings. The van der Waals surface area contributed by atoms with Gasteiger partial charge >= 0.3 is 6.02 Å². The number of amidine groups is 1. The SMILES string of the molecule is C#Cc1c(F)ccc2cc(O)cc(C3=C(F)C4=NC(OC[C@@]56CCCN5C[C@H](F)C6)=NN5CCCC(=C45)[C@@H]4CON=C34)c12. The molecule has 0 amide bonds. The average Bonchev–Trinajstić information content (AvgIpc) is 3.68. The molecule has 0 unspecified atom stereocenters. The minimum atomic E-state index is -0.912. The van der Waals surface area contributed by atoms with Gasteiger partial charge in [0.05, 0.1) is 22.7 Å². The molecule has 43 heavy (non-hydrogen) atoms. The van der Waals surface area contributed by atoms with Gasteiger partial charge in [-0.25, -0.2) is 13.2 Å². The Morgan fingerprint density at radius 2 is 2.09 bits per heavy atom. The Morgan fingerprint density at radius 1 is 1.21 bits per heavy atom. The summed E-state index contributed by atoms with van der Waals surface area (Å²) in [6.45, 7) is 2.12. The number of nitrogens with zero attached hydrogens (tertiary/aromatic N) is 5. The molecule has 0 saturated carbocycles. The second kappa shape index (κ2) is 9.61. The number of hydrogen-bond acceptors (Lipinski definition) is 8. The average molecular weight is 588 g/mol. The molecule has 11 heteroatoms. The topological polar surface area (TPSA) is 82.3 Å². The summed E-state index contributed by atoms with van der Waals surface area (Å²) in [4.78, 5) is 12.3. The van der Waals surface area contributed by atoms with E-state index in [-0.39, 0.29) is 52.8 Å². The smallest absolute Gasteiger partial charge is 0.334 e. The third-order valence-electron chi connectivity index (χ3n) is 9.55. The summed E-state index contributed by atoms with van der Waals surface area (Å²) in [7, 11) is 0. The molecule has 0 radical (unpaired) electrons. The second-order valence-electron chi connectivity index (χ2n) is 12.0. The number of hydrogen-bond donors (Lipinski definition) is 1. The molecule has 1 aliphatic carbocycles. The first-order valence-electron chi connectivity index (χ1n) is 14.6. The third kappa shape index (κ3) is 3.92. The Bertz CT molecular complexity index is 1790. The van der Waals surface area contributed by atoms with E-state index in [0.29, 0.717) is 42.7 Å². The predicted molar refractivity (Wildman–Crippen MR) is 155 cm³/mol. The summed E-state index contributed by atoms with van der Waals surface area (Å²) in [6.07, 6.45) is 8.40. The van der Waals surface area contributed by atoms with Crippen LogP contribution in [0.1, 0.15) is 43.2 Å². The van der Waals surface area contributed by atoms with Crippen molar-refractivity contribution in [2.75, 3.05) is 32.8 Å². The number of fused-ring (bicyclic) bond motifs is 4. The van der Waals surface area contributed by atoms with E-state index in [2.05, 4.69) is 26.1 Å². The van der Waals surface area contributed by atoms with Gasteiger partial charge in [-0.3, -0.25) is 9.91 Å². The normalized spacial score (nSPS) is 28.0. The van der Waals surface area contributed by atoms with Crippen molar-refractivity contribution in [3.05, 3.63) is 58.3 Å². The zero-order valence-corrected chi connectivity index (χ0v) is 23.2. The Kier molecular flexibility index (Phi) is 5.88. The van der Waals surface area contributed by atoms with Gasteiger partial charge in [-0.2, -0.15) is 4.99 Å². The van der Waals surface area contributed by atoms with Crippen molar-refractivity contribution < 1.29 is 27.9 Å². The highest BCUT2D eigenvalue weighted by molar-refractivity contribution is 6.37. The van der Waals surface area contributed by atoms with E-state index in [1.165, 1.54) is 24.3 Å². The van der Waals surface area contributed by atoms with Crippen LogP contribution in [-0.4, -0.2) is 77.0 Å². The molecule has 6 aliphatic rings. The Hall–Kier alpha value is -4.30. The number of terminal acetylenes is 1. The molecule has 5 heterocycles. The van der Waals surface area contributed by atoms with Crippen LogP contribution in [-0.2, 0) is 9.57 Å². The Morgan fingerprint density at radius 3 is 2.95 bits per heavy atom. The minimum Gasteiger partial charge on any atom is -0.508 e. The van der Waals surface area contributed by atoms with Crippen molar-refractivity contribution in [1.29, 1.82) is 0 Å². The number of hydrazone groups is 1. The quantitative estimate of drug-likeness (QED) is 0.510. The van der Waals surface area contributed by atoms with Gasteiger partial charge in [0, 0.05) is 30.5 Å². The van der Waals surface area contributed by atoms with Gasteiger partial charge in [0.2, 0.25) is 0 Å². The number of phenols is 1. The van der Waals surface area contributed by atoms with E-state index in [1.54, 1.807) is 5.01 Å². The molecule has 5 aliphatic heterocycles. The van der Waals surface area contributed by atoms with Crippen molar-refractivity contribution in [3.8, 4) is 18.1 Å². The lowest BCUT2D eigenvalue weighted by atomic mass is 9.84. The number of phenolic OH excluding ortho intramolecular Hbond substituents is 1. The summed E-state index contributed by atoms with van der Waals surface area (Å²) in [5.41, 5.74) is 1.51. The van der Waals surface area contributed by atoms with E-state index in [0.717, 1.165) is 31.4 Å². The number of ether oxygens (including phenoxy) is 1. The fourth-order valence-electron chi connectivity index (χ4n) is 7.72. The molecular formula is C32H28F3N5O3. The van der Waals surface area contributed by atoms with Crippen LogP contribution in [0.3, 0.4) is 0 Å². The number of halogens is 3. The van der Waals surface area contributed by atoms with E-state index < -0.39 is 29.3 Å². The van der Waals surface area contributed by atoms with Crippen molar-refractivity contribution in [3.63, 3.8) is 0 Å². The van der Waals surface area contributed by atoms with Crippen molar-refractivity contribution in [1.82, 2.24) is 9.91 Å². The summed E-state index contributed by atoms with van der Waals surface area (Å²) >= 11 is 0. The molecule has 8 nitrogen and oxygen atoms in total. The van der Waals surface area contributed by atoms with Crippen molar-refractivity contribution in [2.45, 2.75) is 43.8 Å². The van der Waals surface area contributed by atoms with Crippen LogP contribution in [0.15, 0.2) is 56.6 Å². The van der Waals surface area contributed by atoms with Gasteiger partial charge in [-0.1, -0.05) is 17.1 Å². The molecule has 0 aromatic heterocycles. The summed E-state index contributed by atoms with van der Waals surface area (Å²) < 4.78 is 52.7. The molecule has 8 rings (SSSR count). The second-order valence-corrected chi connectivity index (χ2v) is 12.0. The minimum absolute atomic E-state index is 0.000549. The van der Waals surface area contributed by atoms with Crippen LogP contribution < -0.4 is 0 Å². The highest BCUT2D eigenvalue weighted by atomic mass is 19.1. The number of aromatic hydroxyl groups is 1. The molecule has 0 bridgehead atoms. The van der Waals surface area contributed by atoms with E-state index in [1.807, 2.05) is 0 Å². The zero-order valence-electron chi connectivity index (χ0n) is 23.2. The largest absolute Gasteiger partial charge is 0.508 e. The Labute approximate surface area is 245 Å². The number of allylic oxidation sites excluding steroid dienone is 2. The summed E-state index contributed by atoms with van der Waals surface area (Å²) in [6, 6.07) is 5.54. The van der Waals surface area contributed by atoms with Crippen molar-refractivity contribution in [2.24, 2.45) is 21.2 Å². The molecule has 0 spiro atoms. The number of benzene rings is 2. The zero-order chi connectivity index (χ0) is 29.5. The van der Waals surface area contributed by atoms with Crippen LogP contribution in [0.25, 0.3) is 16.3 Å². The Balaban J connectivity index is 1.30. The van der Waals surface area contributed by atoms with Gasteiger partial charge in [0.1, 0.15) is 42.4 Å². The molecular weight excluding hydrogens is 559 g/mol. The number of oxime groups is 1. The van der Waals surface area contributed by atoms with Crippen LogP contribution in [0, 0.1) is 24.1 Å². The first-order valence-corrected chi connectivity index (χ1v) is 14.6. The fourth-order valence-corrected chi connectivity index (χ4v) is 7.72. The lowest BCUT2D eigenvalue weighted by Gasteiger charge is -2.34. The molecule has 2 saturated heterocycles. The maximum atomic E-state index is 17.2. The molecule has 1 N–H and O–H groups in total. The lowest BCUT2D eigenvalue weighted by molar-refractivity contribution is 0.103. The van der Waals surface area contributed by atoms with E-state index in [9.17, 15) is 13.9 Å². The van der Waals surface area contributed by atoms with Gasteiger partial charge in [-0.15, -0.1) is 11.5 Å². The van der Waals surface area contributed by atoms with E-state index >= 15 is 4.39 Å². The highest BCUT2D eigenvalue weighted by Crippen LogP contribution is 2.46. The van der Waals surface area contributed by atoms with Crippen LogP contribution >= 0.6 is 0 Å². The monoisotopic (exact) mass is 587 g/mol.